The number of piperidine rings is 1. The van der Waals surface area contributed by atoms with Crippen LogP contribution < -0.4 is 10.2 Å². The minimum Gasteiger partial charge on any atom is -0.374 e. The first-order valence-electron chi connectivity index (χ1n) is 7.94. The Morgan fingerprint density at radius 3 is 2.57 bits per heavy atom. The molecule has 7 heteroatoms. The molecule has 2 aliphatic heterocycles. The Morgan fingerprint density at radius 1 is 1.22 bits per heavy atom. The summed E-state index contributed by atoms with van der Waals surface area (Å²) in [6.07, 6.45) is 3.37. The lowest BCUT2D eigenvalue weighted by atomic mass is 9.97. The Labute approximate surface area is 137 Å². The van der Waals surface area contributed by atoms with E-state index in [0.717, 1.165) is 18.7 Å². The highest BCUT2D eigenvalue weighted by molar-refractivity contribution is 7.88. The van der Waals surface area contributed by atoms with E-state index in [4.69, 9.17) is 0 Å². The van der Waals surface area contributed by atoms with E-state index in [0.29, 0.717) is 25.9 Å². The summed E-state index contributed by atoms with van der Waals surface area (Å²) >= 11 is 0. The molecule has 1 aromatic rings. The van der Waals surface area contributed by atoms with Crippen LogP contribution in [0, 0.1) is 5.92 Å². The van der Waals surface area contributed by atoms with Crippen molar-refractivity contribution in [1.82, 2.24) is 4.31 Å². The van der Waals surface area contributed by atoms with E-state index in [2.05, 4.69) is 17.3 Å². The summed E-state index contributed by atoms with van der Waals surface area (Å²) in [5, 5.41) is 2.98. The van der Waals surface area contributed by atoms with Crippen LogP contribution in [0.15, 0.2) is 18.2 Å². The Bertz CT molecular complexity index is 709. The van der Waals surface area contributed by atoms with E-state index in [-0.39, 0.29) is 11.8 Å². The zero-order chi connectivity index (χ0) is 16.6. The number of rotatable bonds is 3. The maximum absolute atomic E-state index is 12.4. The van der Waals surface area contributed by atoms with Crippen molar-refractivity contribution in [2.45, 2.75) is 19.3 Å². The molecule has 1 fully saturated rings. The van der Waals surface area contributed by atoms with E-state index >= 15 is 0 Å². The Kier molecular flexibility index (Phi) is 4.33. The van der Waals surface area contributed by atoms with Gasteiger partial charge >= 0.3 is 0 Å². The quantitative estimate of drug-likeness (QED) is 0.902. The summed E-state index contributed by atoms with van der Waals surface area (Å²) in [5.41, 5.74) is 3.32. The number of carbonyl (C=O) groups excluding carboxylic acids is 1. The second kappa shape index (κ2) is 6.13. The molecule has 0 unspecified atom stereocenters. The summed E-state index contributed by atoms with van der Waals surface area (Å²) in [6.45, 7) is 1.86. The van der Waals surface area contributed by atoms with Crippen molar-refractivity contribution in [1.29, 1.82) is 0 Å². The molecule has 23 heavy (non-hydrogen) atoms. The molecule has 0 spiro atoms. The third-order valence-electron chi connectivity index (χ3n) is 4.77. The molecule has 0 aliphatic carbocycles. The van der Waals surface area contributed by atoms with Gasteiger partial charge in [-0.1, -0.05) is 0 Å². The van der Waals surface area contributed by atoms with Gasteiger partial charge in [0.1, 0.15) is 0 Å². The van der Waals surface area contributed by atoms with E-state index in [1.165, 1.54) is 21.8 Å². The number of amides is 1. The van der Waals surface area contributed by atoms with Crippen LogP contribution in [0.2, 0.25) is 0 Å². The smallest absolute Gasteiger partial charge is 0.227 e. The van der Waals surface area contributed by atoms with Gasteiger partial charge in [-0.25, -0.2) is 12.7 Å². The van der Waals surface area contributed by atoms with Gasteiger partial charge in [-0.05, 0) is 43.0 Å². The fourth-order valence-electron chi connectivity index (χ4n) is 3.34. The zero-order valence-corrected chi connectivity index (χ0v) is 14.4. The summed E-state index contributed by atoms with van der Waals surface area (Å²) in [4.78, 5) is 14.6. The maximum Gasteiger partial charge on any atom is 0.227 e. The second-order valence-corrected chi connectivity index (χ2v) is 8.42. The van der Waals surface area contributed by atoms with E-state index < -0.39 is 10.0 Å². The van der Waals surface area contributed by atoms with Crippen LogP contribution in [0.1, 0.15) is 18.4 Å². The average Bonchev–Trinajstić information content (AvgIpc) is 2.87. The molecule has 3 rings (SSSR count). The molecule has 0 atom stereocenters. The van der Waals surface area contributed by atoms with Crippen LogP contribution >= 0.6 is 0 Å². The molecule has 0 aromatic heterocycles. The Hall–Kier alpha value is -1.60. The van der Waals surface area contributed by atoms with E-state index in [1.54, 1.807) is 0 Å². The molecule has 0 saturated carbocycles. The highest BCUT2D eigenvalue weighted by atomic mass is 32.2. The summed E-state index contributed by atoms with van der Waals surface area (Å²) in [5.74, 6) is -0.131. The SMILES string of the molecule is CN1CCc2cc(NC(=O)C3CCN(S(C)(=O)=O)CC3)ccc21. The van der Waals surface area contributed by atoms with Crippen LogP contribution in [0.5, 0.6) is 0 Å². The minimum absolute atomic E-state index is 0.00977. The molecule has 1 N–H and O–H groups in total. The lowest BCUT2D eigenvalue weighted by Gasteiger charge is -2.29. The number of hydrogen-bond acceptors (Lipinski definition) is 4. The molecule has 2 heterocycles. The van der Waals surface area contributed by atoms with Crippen molar-refractivity contribution in [2.75, 3.05) is 43.2 Å². The number of nitrogens with zero attached hydrogens (tertiary/aromatic N) is 2. The van der Waals surface area contributed by atoms with E-state index in [9.17, 15) is 13.2 Å². The highest BCUT2D eigenvalue weighted by Gasteiger charge is 2.29. The predicted octanol–water partition coefficient (Wildman–Crippen LogP) is 1.29. The number of carbonyl (C=O) groups is 1. The third-order valence-corrected chi connectivity index (χ3v) is 6.07. The van der Waals surface area contributed by atoms with Crippen molar-refractivity contribution >= 4 is 27.3 Å². The predicted molar refractivity (Wildman–Crippen MR) is 91.2 cm³/mol. The van der Waals surface area contributed by atoms with Gasteiger partial charge in [0.2, 0.25) is 15.9 Å². The topological polar surface area (TPSA) is 69.7 Å². The number of likely N-dealkylation sites (N-methyl/N-ethyl adjacent to an activating group) is 1. The lowest BCUT2D eigenvalue weighted by Crippen LogP contribution is -2.40. The van der Waals surface area contributed by atoms with Gasteiger partial charge in [0.15, 0.2) is 0 Å². The zero-order valence-electron chi connectivity index (χ0n) is 13.6. The van der Waals surface area contributed by atoms with Gasteiger partial charge in [-0.2, -0.15) is 0 Å². The molecule has 6 nitrogen and oxygen atoms in total. The van der Waals surface area contributed by atoms with Crippen LogP contribution in [0.25, 0.3) is 0 Å². The number of hydrogen-bond donors (Lipinski definition) is 1. The first-order valence-corrected chi connectivity index (χ1v) is 9.79. The van der Waals surface area contributed by atoms with Crippen molar-refractivity contribution in [3.8, 4) is 0 Å². The largest absolute Gasteiger partial charge is 0.374 e. The molecule has 1 amide bonds. The number of fused-ring (bicyclic) bond motifs is 1. The molecule has 2 aliphatic rings. The third kappa shape index (κ3) is 3.50. The fraction of sp³-hybridized carbons (Fsp3) is 0.562. The summed E-state index contributed by atoms with van der Waals surface area (Å²) in [6, 6.07) is 6.02. The first-order chi connectivity index (χ1) is 10.8. The van der Waals surface area contributed by atoms with Crippen molar-refractivity contribution < 1.29 is 13.2 Å². The van der Waals surface area contributed by atoms with Gasteiger partial charge in [0.25, 0.3) is 0 Å². The van der Waals surface area contributed by atoms with Gasteiger partial charge in [0.05, 0.1) is 6.26 Å². The van der Waals surface area contributed by atoms with Crippen molar-refractivity contribution in [3.63, 3.8) is 0 Å². The van der Waals surface area contributed by atoms with Crippen molar-refractivity contribution in [3.05, 3.63) is 23.8 Å². The monoisotopic (exact) mass is 337 g/mol. The molecular weight excluding hydrogens is 314 g/mol. The highest BCUT2D eigenvalue weighted by Crippen LogP contribution is 2.29. The average molecular weight is 337 g/mol. The van der Waals surface area contributed by atoms with E-state index in [1.807, 2.05) is 18.2 Å². The Balaban J connectivity index is 1.60. The standard InChI is InChI=1S/C16H23N3O3S/c1-18-8-5-13-11-14(3-4-15(13)18)17-16(20)12-6-9-19(10-7-12)23(2,21)22/h3-4,11-12H,5-10H2,1-2H3,(H,17,20). The normalized spacial score (nSPS) is 19.7. The fourth-order valence-corrected chi connectivity index (χ4v) is 4.21. The first kappa shape index (κ1) is 16.3. The molecule has 0 bridgehead atoms. The number of nitrogens with one attached hydrogen (secondary N) is 1. The number of anilines is 2. The molecule has 126 valence electrons. The van der Waals surface area contributed by atoms with Gasteiger partial charge in [0, 0.05) is 44.0 Å². The van der Waals surface area contributed by atoms with Gasteiger partial charge in [-0.3, -0.25) is 4.79 Å². The van der Waals surface area contributed by atoms with Crippen molar-refractivity contribution in [2.24, 2.45) is 5.92 Å². The molecular formula is C16H23N3O3S. The second-order valence-electron chi connectivity index (χ2n) is 6.44. The lowest BCUT2D eigenvalue weighted by molar-refractivity contribution is -0.120. The van der Waals surface area contributed by atoms with Crippen LogP contribution in [0.3, 0.4) is 0 Å². The Morgan fingerprint density at radius 2 is 1.91 bits per heavy atom. The van der Waals surface area contributed by atoms with Crippen LogP contribution in [-0.4, -0.2) is 51.6 Å². The minimum atomic E-state index is -3.15. The van der Waals surface area contributed by atoms with Crippen LogP contribution in [-0.2, 0) is 21.2 Å². The number of sulfonamides is 1. The molecule has 1 saturated heterocycles. The van der Waals surface area contributed by atoms with Gasteiger partial charge in [-0.15, -0.1) is 0 Å². The number of benzene rings is 1. The molecule has 1 aromatic carbocycles. The maximum atomic E-state index is 12.4. The van der Waals surface area contributed by atoms with Gasteiger partial charge < -0.3 is 10.2 Å². The summed E-state index contributed by atoms with van der Waals surface area (Å²) in [7, 11) is -1.08. The summed E-state index contributed by atoms with van der Waals surface area (Å²) < 4.78 is 24.5. The van der Waals surface area contributed by atoms with Crippen LogP contribution in [0.4, 0.5) is 11.4 Å². The molecule has 0 radical (unpaired) electrons.